The highest BCUT2D eigenvalue weighted by Gasteiger charge is 2.31. The smallest absolute Gasteiger partial charge is 0.276 e. The third-order valence-corrected chi connectivity index (χ3v) is 4.00. The van der Waals surface area contributed by atoms with Crippen LogP contribution in [0, 0.1) is 6.92 Å². The van der Waals surface area contributed by atoms with Gasteiger partial charge in [0.25, 0.3) is 5.91 Å². The Balaban J connectivity index is 1.91. The number of amides is 1. The highest BCUT2D eigenvalue weighted by Crippen LogP contribution is 2.24. The quantitative estimate of drug-likeness (QED) is 0.891. The minimum absolute atomic E-state index is 0.0360. The second-order valence-corrected chi connectivity index (χ2v) is 5.28. The van der Waals surface area contributed by atoms with Crippen molar-refractivity contribution in [2.75, 3.05) is 19.6 Å². The van der Waals surface area contributed by atoms with Gasteiger partial charge in [-0.1, -0.05) is 35.5 Å². The maximum atomic E-state index is 12.8. The van der Waals surface area contributed by atoms with E-state index in [2.05, 4.69) is 27.8 Å². The first-order valence-corrected chi connectivity index (χ1v) is 7.11. The normalized spacial score (nSPS) is 18.8. The van der Waals surface area contributed by atoms with Gasteiger partial charge >= 0.3 is 0 Å². The molecule has 1 unspecified atom stereocenters. The average molecular weight is 285 g/mol. The Morgan fingerprint density at radius 3 is 2.76 bits per heavy atom. The van der Waals surface area contributed by atoms with Crippen molar-refractivity contribution in [1.82, 2.24) is 25.2 Å². The summed E-state index contributed by atoms with van der Waals surface area (Å²) in [7, 11) is 1.80. The molecule has 0 spiro atoms. The molecule has 1 aromatic carbocycles. The number of nitrogens with zero attached hydrogens (tertiary/aromatic N) is 4. The first-order valence-electron chi connectivity index (χ1n) is 7.11. The Labute approximate surface area is 123 Å². The molecular weight excluding hydrogens is 266 g/mol. The topological polar surface area (TPSA) is 63.1 Å². The van der Waals surface area contributed by atoms with Crippen LogP contribution in [0.15, 0.2) is 30.3 Å². The molecule has 1 aliphatic rings. The zero-order valence-corrected chi connectivity index (χ0v) is 12.3. The van der Waals surface area contributed by atoms with Gasteiger partial charge in [0.2, 0.25) is 0 Å². The first-order chi connectivity index (χ1) is 10.2. The number of carbonyl (C=O) groups is 1. The maximum absolute atomic E-state index is 12.8. The van der Waals surface area contributed by atoms with E-state index in [0.29, 0.717) is 12.2 Å². The molecule has 1 N–H and O–H groups in total. The second kappa shape index (κ2) is 5.65. The van der Waals surface area contributed by atoms with Crippen LogP contribution in [0.4, 0.5) is 0 Å². The highest BCUT2D eigenvalue weighted by molar-refractivity contribution is 5.93. The predicted molar refractivity (Wildman–Crippen MR) is 78.8 cm³/mol. The van der Waals surface area contributed by atoms with Gasteiger partial charge < -0.3 is 10.2 Å². The van der Waals surface area contributed by atoms with E-state index >= 15 is 0 Å². The van der Waals surface area contributed by atoms with Crippen LogP contribution in [0.1, 0.15) is 27.8 Å². The third kappa shape index (κ3) is 2.54. The summed E-state index contributed by atoms with van der Waals surface area (Å²) >= 11 is 0. The lowest BCUT2D eigenvalue weighted by Gasteiger charge is -2.36. The molecule has 0 aliphatic carbocycles. The summed E-state index contributed by atoms with van der Waals surface area (Å²) in [6, 6.07) is 10.1. The molecule has 0 bridgehead atoms. The fourth-order valence-electron chi connectivity index (χ4n) is 2.66. The molecule has 2 aromatic rings. The lowest BCUT2D eigenvalue weighted by molar-refractivity contribution is 0.0627. The van der Waals surface area contributed by atoms with Crippen LogP contribution >= 0.6 is 0 Å². The Bertz CT molecular complexity index is 637. The lowest BCUT2D eigenvalue weighted by atomic mass is 10.0. The molecule has 1 fully saturated rings. The van der Waals surface area contributed by atoms with E-state index in [1.807, 2.05) is 30.0 Å². The van der Waals surface area contributed by atoms with Gasteiger partial charge in [-0.2, -0.15) is 0 Å². The molecule has 0 saturated carbocycles. The van der Waals surface area contributed by atoms with Crippen molar-refractivity contribution in [2.24, 2.45) is 7.05 Å². The van der Waals surface area contributed by atoms with Crippen LogP contribution in [0.2, 0.25) is 0 Å². The summed E-state index contributed by atoms with van der Waals surface area (Å²) in [5.74, 6) is -0.0454. The van der Waals surface area contributed by atoms with Gasteiger partial charge in [0.15, 0.2) is 5.69 Å². The fourth-order valence-corrected chi connectivity index (χ4v) is 2.66. The molecule has 0 radical (unpaired) electrons. The number of aromatic nitrogens is 3. The number of hydrogen-bond acceptors (Lipinski definition) is 4. The minimum atomic E-state index is -0.0454. The number of rotatable bonds is 2. The second-order valence-electron chi connectivity index (χ2n) is 5.28. The molecule has 110 valence electrons. The van der Waals surface area contributed by atoms with Crippen molar-refractivity contribution in [3.05, 3.63) is 47.3 Å². The standard InChI is InChI=1S/C15H19N5O/c1-11-14(17-18-19(11)2)15(21)20-9-8-16-10-13(20)12-6-4-3-5-7-12/h3-7,13,16H,8-10H2,1-2H3. The molecule has 1 atom stereocenters. The summed E-state index contributed by atoms with van der Waals surface area (Å²) in [6.07, 6.45) is 0. The van der Waals surface area contributed by atoms with Crippen molar-refractivity contribution in [2.45, 2.75) is 13.0 Å². The van der Waals surface area contributed by atoms with Crippen LogP contribution < -0.4 is 5.32 Å². The third-order valence-electron chi connectivity index (χ3n) is 4.00. The number of piperazine rings is 1. The summed E-state index contributed by atoms with van der Waals surface area (Å²) in [5, 5.41) is 11.3. The van der Waals surface area contributed by atoms with Gasteiger partial charge in [-0.3, -0.25) is 9.48 Å². The van der Waals surface area contributed by atoms with Crippen molar-refractivity contribution in [3.8, 4) is 0 Å². The van der Waals surface area contributed by atoms with Gasteiger partial charge in [0.05, 0.1) is 11.7 Å². The van der Waals surface area contributed by atoms with Crippen molar-refractivity contribution < 1.29 is 4.79 Å². The number of aryl methyl sites for hydroxylation is 1. The molecular formula is C15H19N5O. The average Bonchev–Trinajstić information content (AvgIpc) is 2.87. The van der Waals surface area contributed by atoms with E-state index in [1.165, 1.54) is 0 Å². The number of nitrogens with one attached hydrogen (secondary N) is 1. The van der Waals surface area contributed by atoms with Crippen LogP contribution in [-0.2, 0) is 7.05 Å². The number of hydrogen-bond donors (Lipinski definition) is 1. The van der Waals surface area contributed by atoms with Crippen LogP contribution in [0.5, 0.6) is 0 Å². The zero-order valence-electron chi connectivity index (χ0n) is 12.3. The Hall–Kier alpha value is -2.21. The Morgan fingerprint density at radius 1 is 1.33 bits per heavy atom. The minimum Gasteiger partial charge on any atom is -0.328 e. The van der Waals surface area contributed by atoms with Crippen molar-refractivity contribution >= 4 is 5.91 Å². The van der Waals surface area contributed by atoms with E-state index in [4.69, 9.17) is 0 Å². The molecule has 6 nitrogen and oxygen atoms in total. The molecule has 21 heavy (non-hydrogen) atoms. The number of carbonyl (C=O) groups excluding carboxylic acids is 1. The molecule has 2 heterocycles. The van der Waals surface area contributed by atoms with E-state index in [0.717, 1.165) is 24.3 Å². The lowest BCUT2D eigenvalue weighted by Crippen LogP contribution is -2.49. The largest absolute Gasteiger partial charge is 0.328 e. The molecule has 1 amide bonds. The molecule has 6 heteroatoms. The Morgan fingerprint density at radius 2 is 2.10 bits per heavy atom. The molecule has 1 saturated heterocycles. The van der Waals surface area contributed by atoms with Crippen molar-refractivity contribution in [1.29, 1.82) is 0 Å². The Kier molecular flexibility index (Phi) is 3.70. The van der Waals surface area contributed by atoms with Gasteiger partial charge in [-0.15, -0.1) is 5.10 Å². The van der Waals surface area contributed by atoms with Crippen LogP contribution in [0.25, 0.3) is 0 Å². The van der Waals surface area contributed by atoms with E-state index in [-0.39, 0.29) is 11.9 Å². The van der Waals surface area contributed by atoms with E-state index in [1.54, 1.807) is 11.7 Å². The maximum Gasteiger partial charge on any atom is 0.276 e. The fraction of sp³-hybridized carbons (Fsp3) is 0.400. The first kappa shape index (κ1) is 13.8. The number of benzene rings is 1. The summed E-state index contributed by atoms with van der Waals surface area (Å²) in [6.45, 7) is 4.10. The van der Waals surface area contributed by atoms with E-state index < -0.39 is 0 Å². The van der Waals surface area contributed by atoms with Gasteiger partial charge in [-0.25, -0.2) is 0 Å². The van der Waals surface area contributed by atoms with E-state index in [9.17, 15) is 4.79 Å². The summed E-state index contributed by atoms with van der Waals surface area (Å²) in [4.78, 5) is 14.7. The summed E-state index contributed by atoms with van der Waals surface area (Å²) in [5.41, 5.74) is 2.38. The van der Waals surface area contributed by atoms with Gasteiger partial charge in [0.1, 0.15) is 0 Å². The van der Waals surface area contributed by atoms with Crippen LogP contribution in [0.3, 0.4) is 0 Å². The molecule has 3 rings (SSSR count). The molecule has 1 aliphatic heterocycles. The SMILES string of the molecule is Cc1c(C(=O)N2CCNCC2c2ccccc2)nnn1C. The highest BCUT2D eigenvalue weighted by atomic mass is 16.2. The molecule has 1 aromatic heterocycles. The zero-order chi connectivity index (χ0) is 14.8. The van der Waals surface area contributed by atoms with Gasteiger partial charge in [0, 0.05) is 26.7 Å². The summed E-state index contributed by atoms with van der Waals surface area (Å²) < 4.78 is 1.63. The predicted octanol–water partition coefficient (Wildman–Crippen LogP) is 0.910. The monoisotopic (exact) mass is 285 g/mol. The van der Waals surface area contributed by atoms with Crippen LogP contribution in [-0.4, -0.2) is 45.4 Å². The van der Waals surface area contributed by atoms with Crippen molar-refractivity contribution in [3.63, 3.8) is 0 Å². The van der Waals surface area contributed by atoms with Gasteiger partial charge in [-0.05, 0) is 12.5 Å².